The van der Waals surface area contributed by atoms with Gasteiger partial charge in [0.25, 0.3) is 0 Å². The van der Waals surface area contributed by atoms with E-state index < -0.39 is 0 Å². The molecule has 138 valence electrons. The molecule has 0 aliphatic heterocycles. The summed E-state index contributed by atoms with van der Waals surface area (Å²) >= 11 is 0. The van der Waals surface area contributed by atoms with Crippen LogP contribution in [0.4, 0.5) is 0 Å². The molecule has 0 radical (unpaired) electrons. The minimum atomic E-state index is 0. The van der Waals surface area contributed by atoms with Gasteiger partial charge < -0.3 is 20.5 Å². The zero-order valence-corrected chi connectivity index (χ0v) is 17.8. The lowest BCUT2D eigenvalue weighted by atomic mass is 10.0. The van der Waals surface area contributed by atoms with E-state index in [1.54, 1.807) is 14.2 Å². The van der Waals surface area contributed by atoms with Crippen LogP contribution < -0.4 is 20.5 Å². The Labute approximate surface area is 163 Å². The van der Waals surface area contributed by atoms with Crippen molar-refractivity contribution >= 4 is 29.9 Å². The van der Waals surface area contributed by atoms with Crippen molar-refractivity contribution in [2.24, 2.45) is 16.6 Å². The van der Waals surface area contributed by atoms with Gasteiger partial charge in [-0.3, -0.25) is 0 Å². The smallest absolute Gasteiger partial charge is 0.189 e. The van der Waals surface area contributed by atoms with Crippen LogP contribution in [0.2, 0.25) is 0 Å². The molecule has 0 aliphatic carbocycles. The molecule has 5 nitrogen and oxygen atoms in total. The van der Waals surface area contributed by atoms with Gasteiger partial charge in [-0.05, 0) is 31.4 Å². The summed E-state index contributed by atoms with van der Waals surface area (Å²) in [5.74, 6) is 2.74. The molecule has 0 fully saturated rings. The molecule has 0 spiro atoms. The Bertz CT molecular complexity index is 507. The highest BCUT2D eigenvalue weighted by molar-refractivity contribution is 14.0. The summed E-state index contributed by atoms with van der Waals surface area (Å²) in [6, 6.07) is 6.02. The Morgan fingerprint density at radius 1 is 1.17 bits per heavy atom. The van der Waals surface area contributed by atoms with Gasteiger partial charge in [-0.1, -0.05) is 26.7 Å². The zero-order chi connectivity index (χ0) is 17.2. The number of nitrogens with zero attached hydrogens (tertiary/aromatic N) is 1. The number of nitrogens with two attached hydrogens (primary N) is 1. The van der Waals surface area contributed by atoms with Crippen LogP contribution in [-0.4, -0.2) is 26.2 Å². The monoisotopic (exact) mass is 449 g/mol. The van der Waals surface area contributed by atoms with Gasteiger partial charge in [-0.25, -0.2) is 4.99 Å². The molecule has 0 amide bonds. The van der Waals surface area contributed by atoms with E-state index in [9.17, 15) is 0 Å². The molecule has 3 N–H and O–H groups in total. The third-order valence-corrected chi connectivity index (χ3v) is 3.73. The lowest BCUT2D eigenvalue weighted by molar-refractivity contribution is 0.391. The van der Waals surface area contributed by atoms with E-state index in [1.807, 2.05) is 18.2 Å². The number of hydrogen-bond donors (Lipinski definition) is 2. The van der Waals surface area contributed by atoms with Crippen LogP contribution in [0.3, 0.4) is 0 Å². The Hall–Kier alpha value is -1.18. The summed E-state index contributed by atoms with van der Waals surface area (Å²) in [7, 11) is 3.27. The maximum absolute atomic E-state index is 5.97. The first-order chi connectivity index (χ1) is 11.0. The van der Waals surface area contributed by atoms with Gasteiger partial charge in [0.15, 0.2) is 5.96 Å². The van der Waals surface area contributed by atoms with Gasteiger partial charge in [0, 0.05) is 17.7 Å². The van der Waals surface area contributed by atoms with Crippen molar-refractivity contribution < 1.29 is 9.47 Å². The predicted molar refractivity (Wildman–Crippen MR) is 112 cm³/mol. The van der Waals surface area contributed by atoms with Crippen LogP contribution in [0.1, 0.15) is 45.6 Å². The number of aliphatic imine (C=N–C) groups is 1. The van der Waals surface area contributed by atoms with E-state index in [0.29, 0.717) is 18.5 Å². The van der Waals surface area contributed by atoms with Gasteiger partial charge >= 0.3 is 0 Å². The molecule has 0 bridgehead atoms. The molecular weight excluding hydrogens is 417 g/mol. The fraction of sp³-hybridized carbons (Fsp3) is 0.611. The Morgan fingerprint density at radius 2 is 1.88 bits per heavy atom. The molecule has 0 aliphatic rings. The first kappa shape index (κ1) is 22.8. The second-order valence-electron chi connectivity index (χ2n) is 6.25. The summed E-state index contributed by atoms with van der Waals surface area (Å²) in [5, 5.41) is 3.25. The molecule has 0 heterocycles. The zero-order valence-electron chi connectivity index (χ0n) is 15.5. The van der Waals surface area contributed by atoms with Crippen molar-refractivity contribution in [2.75, 3.05) is 14.2 Å². The third kappa shape index (κ3) is 8.61. The van der Waals surface area contributed by atoms with Crippen LogP contribution in [0.15, 0.2) is 23.2 Å². The molecule has 0 saturated carbocycles. The van der Waals surface area contributed by atoms with Gasteiger partial charge in [-0.15, -0.1) is 24.0 Å². The summed E-state index contributed by atoms with van der Waals surface area (Å²) < 4.78 is 10.6. The molecule has 1 aromatic rings. The molecule has 0 saturated heterocycles. The van der Waals surface area contributed by atoms with Crippen LogP contribution in [0.25, 0.3) is 0 Å². The van der Waals surface area contributed by atoms with Crippen molar-refractivity contribution in [3.63, 3.8) is 0 Å². The number of nitrogens with one attached hydrogen (secondary N) is 1. The van der Waals surface area contributed by atoms with Crippen molar-refractivity contribution in [2.45, 2.75) is 52.6 Å². The number of benzene rings is 1. The van der Waals surface area contributed by atoms with Gasteiger partial charge in [0.2, 0.25) is 0 Å². The highest BCUT2D eigenvalue weighted by atomic mass is 127. The van der Waals surface area contributed by atoms with E-state index in [4.69, 9.17) is 15.2 Å². The lowest BCUT2D eigenvalue weighted by Crippen LogP contribution is -2.38. The first-order valence-corrected chi connectivity index (χ1v) is 8.23. The molecule has 24 heavy (non-hydrogen) atoms. The Balaban J connectivity index is 0.00000529. The fourth-order valence-electron chi connectivity index (χ4n) is 2.36. The van der Waals surface area contributed by atoms with Crippen molar-refractivity contribution in [1.29, 1.82) is 0 Å². The molecule has 0 aromatic heterocycles. The van der Waals surface area contributed by atoms with Gasteiger partial charge in [-0.2, -0.15) is 0 Å². The number of guanidine groups is 1. The molecule has 1 aromatic carbocycles. The largest absolute Gasteiger partial charge is 0.497 e. The number of methoxy groups -OCH3 is 2. The third-order valence-electron chi connectivity index (χ3n) is 3.73. The van der Waals surface area contributed by atoms with E-state index in [0.717, 1.165) is 29.4 Å². The average molecular weight is 449 g/mol. The predicted octanol–water partition coefficient (Wildman–Crippen LogP) is 3.94. The Morgan fingerprint density at radius 3 is 2.46 bits per heavy atom. The van der Waals surface area contributed by atoms with Crippen LogP contribution in [0, 0.1) is 5.92 Å². The second kappa shape index (κ2) is 12.2. The fourth-order valence-corrected chi connectivity index (χ4v) is 2.36. The Kier molecular flexibility index (Phi) is 11.6. The second-order valence-corrected chi connectivity index (χ2v) is 6.25. The highest BCUT2D eigenvalue weighted by Gasteiger charge is 2.06. The number of ether oxygens (including phenoxy) is 2. The van der Waals surface area contributed by atoms with E-state index in [2.05, 4.69) is 31.1 Å². The highest BCUT2D eigenvalue weighted by Crippen LogP contribution is 2.25. The number of halogens is 1. The molecule has 6 heteroatoms. The summed E-state index contributed by atoms with van der Waals surface area (Å²) in [5.41, 5.74) is 6.95. The van der Waals surface area contributed by atoms with E-state index in [1.165, 1.54) is 12.8 Å². The SMILES string of the molecule is COc1ccc(CN=C(N)NC(C)CCCC(C)C)c(OC)c1.I. The summed E-state index contributed by atoms with van der Waals surface area (Å²) in [6.07, 6.45) is 3.54. The molecule has 1 rings (SSSR count). The maximum Gasteiger partial charge on any atom is 0.189 e. The maximum atomic E-state index is 5.97. The minimum absolute atomic E-state index is 0. The van der Waals surface area contributed by atoms with Gasteiger partial charge in [0.1, 0.15) is 11.5 Å². The standard InChI is InChI=1S/C18H31N3O2.HI/c1-13(2)7-6-8-14(3)21-18(19)20-12-15-9-10-16(22-4)11-17(15)23-5;/h9-11,13-14H,6-8,12H2,1-5H3,(H3,19,20,21);1H. The number of rotatable bonds is 9. The van der Waals surface area contributed by atoms with Crippen molar-refractivity contribution in [1.82, 2.24) is 5.32 Å². The summed E-state index contributed by atoms with van der Waals surface area (Å²) in [6.45, 7) is 7.10. The van der Waals surface area contributed by atoms with Crippen molar-refractivity contribution in [3.05, 3.63) is 23.8 Å². The van der Waals surface area contributed by atoms with Crippen molar-refractivity contribution in [3.8, 4) is 11.5 Å². The molecular formula is C18H32IN3O2. The first-order valence-electron chi connectivity index (χ1n) is 8.23. The molecule has 1 unspecified atom stereocenters. The quantitative estimate of drug-likeness (QED) is 0.341. The lowest BCUT2D eigenvalue weighted by Gasteiger charge is -2.15. The average Bonchev–Trinajstić information content (AvgIpc) is 2.52. The minimum Gasteiger partial charge on any atom is -0.497 e. The van der Waals surface area contributed by atoms with E-state index in [-0.39, 0.29) is 24.0 Å². The van der Waals surface area contributed by atoms with Crippen LogP contribution in [-0.2, 0) is 6.54 Å². The van der Waals surface area contributed by atoms with Crippen LogP contribution >= 0.6 is 24.0 Å². The topological polar surface area (TPSA) is 68.9 Å². The molecule has 1 atom stereocenters. The normalized spacial score (nSPS) is 12.5. The van der Waals surface area contributed by atoms with Gasteiger partial charge in [0.05, 0.1) is 20.8 Å². The van der Waals surface area contributed by atoms with Crippen LogP contribution in [0.5, 0.6) is 11.5 Å². The summed E-state index contributed by atoms with van der Waals surface area (Å²) in [4.78, 5) is 4.40. The number of hydrogen-bond acceptors (Lipinski definition) is 3. The van der Waals surface area contributed by atoms with E-state index >= 15 is 0 Å².